The summed E-state index contributed by atoms with van der Waals surface area (Å²) in [5, 5.41) is 12.5. The van der Waals surface area contributed by atoms with Gasteiger partial charge in [-0.2, -0.15) is 0 Å². The van der Waals surface area contributed by atoms with Crippen LogP contribution in [0.15, 0.2) is 24.3 Å². The largest absolute Gasteiger partial charge is 0.508 e. The highest BCUT2D eigenvalue weighted by molar-refractivity contribution is 5.79. The van der Waals surface area contributed by atoms with E-state index in [9.17, 15) is 9.90 Å². The van der Waals surface area contributed by atoms with Crippen LogP contribution >= 0.6 is 0 Å². The van der Waals surface area contributed by atoms with Crippen LogP contribution in [0.4, 0.5) is 0 Å². The number of carbonyl (C=O) groups is 1. The third kappa shape index (κ3) is 4.40. The van der Waals surface area contributed by atoms with E-state index in [1.165, 1.54) is 0 Å². The topological polar surface area (TPSA) is 49.3 Å². The molecule has 1 rings (SSSR count). The van der Waals surface area contributed by atoms with Gasteiger partial charge < -0.3 is 10.4 Å². The second-order valence-electron chi connectivity index (χ2n) is 5.88. The number of rotatable bonds is 4. The van der Waals surface area contributed by atoms with Gasteiger partial charge in [0.15, 0.2) is 0 Å². The summed E-state index contributed by atoms with van der Waals surface area (Å²) in [6, 6.07) is 6.93. The minimum absolute atomic E-state index is 0.0485. The van der Waals surface area contributed by atoms with Gasteiger partial charge in [0, 0.05) is 12.1 Å². The monoisotopic (exact) mass is 249 g/mol. The van der Waals surface area contributed by atoms with Crippen molar-refractivity contribution in [2.45, 2.75) is 34.1 Å². The molecule has 0 aliphatic heterocycles. The predicted octanol–water partition coefficient (Wildman–Crippen LogP) is 2.73. The van der Waals surface area contributed by atoms with Crippen molar-refractivity contribution in [3.05, 3.63) is 29.8 Å². The zero-order valence-electron chi connectivity index (χ0n) is 11.7. The molecule has 1 atom stereocenters. The number of nitrogens with one attached hydrogen (secondary N) is 1. The number of aromatic hydroxyl groups is 1. The number of carbonyl (C=O) groups excluding carboxylic acids is 1. The second-order valence-corrected chi connectivity index (χ2v) is 5.88. The molecule has 3 nitrogen and oxygen atoms in total. The molecule has 1 amide bonds. The summed E-state index contributed by atoms with van der Waals surface area (Å²) in [7, 11) is 0. The molecule has 0 aromatic heterocycles. The maximum absolute atomic E-state index is 11.8. The molecular formula is C15H23NO2. The van der Waals surface area contributed by atoms with Crippen LogP contribution in [0, 0.1) is 11.3 Å². The number of para-hydroxylation sites is 1. The normalized spacial score (nSPS) is 13.1. The van der Waals surface area contributed by atoms with E-state index >= 15 is 0 Å². The highest BCUT2D eigenvalue weighted by atomic mass is 16.3. The van der Waals surface area contributed by atoms with Crippen molar-refractivity contribution in [3.63, 3.8) is 0 Å². The van der Waals surface area contributed by atoms with Crippen LogP contribution in [0.25, 0.3) is 0 Å². The molecule has 2 N–H and O–H groups in total. The Kier molecular flexibility index (Phi) is 4.76. The van der Waals surface area contributed by atoms with Crippen LogP contribution in [-0.2, 0) is 11.2 Å². The second kappa shape index (κ2) is 5.89. The maximum atomic E-state index is 11.8. The lowest BCUT2D eigenvalue weighted by atomic mass is 9.82. The molecule has 0 heterocycles. The average Bonchev–Trinajstić information content (AvgIpc) is 2.27. The van der Waals surface area contributed by atoms with E-state index in [2.05, 4.69) is 33.0 Å². The summed E-state index contributed by atoms with van der Waals surface area (Å²) in [5.41, 5.74) is 0.848. The minimum atomic E-state index is -0.0485. The molecule has 0 saturated carbocycles. The number of hydrogen-bond acceptors (Lipinski definition) is 2. The molecule has 1 aromatic carbocycles. The van der Waals surface area contributed by atoms with Crippen LogP contribution in [-0.4, -0.2) is 17.6 Å². The van der Waals surface area contributed by atoms with Crippen LogP contribution in [0.2, 0.25) is 0 Å². The molecule has 0 radical (unpaired) electrons. The Morgan fingerprint density at radius 3 is 2.50 bits per heavy atom. The van der Waals surface area contributed by atoms with Gasteiger partial charge in [-0.3, -0.25) is 4.79 Å². The first-order valence-electron chi connectivity index (χ1n) is 6.34. The van der Waals surface area contributed by atoms with Gasteiger partial charge in [-0.1, -0.05) is 45.9 Å². The molecule has 1 aromatic rings. The molecule has 18 heavy (non-hydrogen) atoms. The first-order valence-corrected chi connectivity index (χ1v) is 6.34. The van der Waals surface area contributed by atoms with Crippen molar-refractivity contribution in [2.75, 3.05) is 6.54 Å². The first-order chi connectivity index (χ1) is 8.30. The molecule has 0 bridgehead atoms. The molecule has 0 saturated heterocycles. The van der Waals surface area contributed by atoms with E-state index in [1.807, 2.05) is 6.07 Å². The summed E-state index contributed by atoms with van der Waals surface area (Å²) in [5.74, 6) is 0.537. The van der Waals surface area contributed by atoms with E-state index in [-0.39, 0.29) is 23.5 Å². The van der Waals surface area contributed by atoms with Crippen molar-refractivity contribution in [1.82, 2.24) is 5.32 Å². The molecule has 0 aliphatic rings. The van der Waals surface area contributed by atoms with Gasteiger partial charge in [-0.25, -0.2) is 0 Å². The third-order valence-corrected chi connectivity index (χ3v) is 3.43. The molecule has 100 valence electrons. The van der Waals surface area contributed by atoms with E-state index < -0.39 is 0 Å². The molecule has 0 spiro atoms. The molecule has 0 aliphatic carbocycles. The fraction of sp³-hybridized carbons (Fsp3) is 0.533. The first kappa shape index (κ1) is 14.6. The fourth-order valence-electron chi connectivity index (χ4n) is 1.47. The zero-order valence-corrected chi connectivity index (χ0v) is 11.7. The Labute approximate surface area is 109 Å². The van der Waals surface area contributed by atoms with Crippen molar-refractivity contribution < 1.29 is 9.90 Å². The van der Waals surface area contributed by atoms with Gasteiger partial charge in [-0.05, 0) is 17.4 Å². The number of phenols is 1. The highest BCUT2D eigenvalue weighted by Crippen LogP contribution is 2.24. The summed E-state index contributed by atoms with van der Waals surface area (Å²) >= 11 is 0. The van der Waals surface area contributed by atoms with E-state index in [0.29, 0.717) is 18.0 Å². The summed E-state index contributed by atoms with van der Waals surface area (Å²) in [6.07, 6.45) is 0.226. The number of amides is 1. The Balaban J connectivity index is 2.46. The molecular weight excluding hydrogens is 226 g/mol. The van der Waals surface area contributed by atoms with Crippen molar-refractivity contribution in [1.29, 1.82) is 0 Å². The van der Waals surface area contributed by atoms with Crippen LogP contribution in [0.3, 0.4) is 0 Å². The smallest absolute Gasteiger partial charge is 0.224 e. The van der Waals surface area contributed by atoms with E-state index in [4.69, 9.17) is 0 Å². The Bertz CT molecular complexity index is 407. The van der Waals surface area contributed by atoms with Gasteiger partial charge in [0.25, 0.3) is 0 Å². The van der Waals surface area contributed by atoms with Crippen molar-refractivity contribution in [3.8, 4) is 5.75 Å². The van der Waals surface area contributed by atoms with Gasteiger partial charge in [0.1, 0.15) is 5.75 Å². The Morgan fingerprint density at radius 2 is 1.94 bits per heavy atom. The lowest BCUT2D eigenvalue weighted by Gasteiger charge is -2.27. The zero-order chi connectivity index (χ0) is 13.8. The van der Waals surface area contributed by atoms with Gasteiger partial charge in [-0.15, -0.1) is 0 Å². The molecule has 1 unspecified atom stereocenters. The average molecular weight is 249 g/mol. The number of phenolic OH excluding ortho intramolecular Hbond substituents is 1. The van der Waals surface area contributed by atoms with Crippen molar-refractivity contribution >= 4 is 5.91 Å². The standard InChI is InChI=1S/C15H23NO2/c1-11(15(2,3)4)10-16-14(18)9-12-7-5-6-8-13(12)17/h5-8,11,17H,9-10H2,1-4H3,(H,16,18). The fourth-order valence-corrected chi connectivity index (χ4v) is 1.47. The highest BCUT2D eigenvalue weighted by Gasteiger charge is 2.20. The number of hydrogen-bond donors (Lipinski definition) is 2. The summed E-state index contributed by atoms with van der Waals surface area (Å²) in [4.78, 5) is 11.8. The SMILES string of the molecule is CC(CNC(=O)Cc1ccccc1O)C(C)(C)C. The summed E-state index contributed by atoms with van der Waals surface area (Å²) in [6.45, 7) is 9.27. The molecule has 0 fully saturated rings. The van der Waals surface area contributed by atoms with Crippen LogP contribution in [0.5, 0.6) is 5.75 Å². The lowest BCUT2D eigenvalue weighted by molar-refractivity contribution is -0.120. The van der Waals surface area contributed by atoms with Gasteiger partial charge in [0.05, 0.1) is 6.42 Å². The van der Waals surface area contributed by atoms with Crippen molar-refractivity contribution in [2.24, 2.45) is 11.3 Å². The lowest BCUT2D eigenvalue weighted by Crippen LogP contribution is -2.34. The maximum Gasteiger partial charge on any atom is 0.224 e. The van der Waals surface area contributed by atoms with E-state index in [0.717, 1.165) is 0 Å². The Morgan fingerprint density at radius 1 is 1.33 bits per heavy atom. The minimum Gasteiger partial charge on any atom is -0.508 e. The quantitative estimate of drug-likeness (QED) is 0.862. The van der Waals surface area contributed by atoms with E-state index in [1.54, 1.807) is 18.2 Å². The van der Waals surface area contributed by atoms with Gasteiger partial charge in [0.2, 0.25) is 5.91 Å². The third-order valence-electron chi connectivity index (χ3n) is 3.43. The van der Waals surface area contributed by atoms with Crippen LogP contribution in [0.1, 0.15) is 33.3 Å². The Hall–Kier alpha value is -1.51. The number of benzene rings is 1. The van der Waals surface area contributed by atoms with Crippen LogP contribution < -0.4 is 5.32 Å². The van der Waals surface area contributed by atoms with Gasteiger partial charge >= 0.3 is 0 Å². The predicted molar refractivity (Wildman–Crippen MR) is 73.4 cm³/mol. The summed E-state index contributed by atoms with van der Waals surface area (Å²) < 4.78 is 0. The molecule has 3 heteroatoms.